The van der Waals surface area contributed by atoms with Crippen molar-refractivity contribution in [2.45, 2.75) is 59.0 Å². The van der Waals surface area contributed by atoms with Crippen LogP contribution in [0, 0.1) is 6.92 Å². The molecule has 96 valence electrons. The Morgan fingerprint density at radius 2 is 2.12 bits per heavy atom. The first kappa shape index (κ1) is 13.8. The molecule has 0 amide bonds. The van der Waals surface area contributed by atoms with Crippen molar-refractivity contribution in [3.05, 3.63) is 17.8 Å². The maximum Gasteiger partial charge on any atom is 0.237 e. The molecule has 0 aliphatic carbocycles. The Bertz CT molecular complexity index is 339. The molecule has 3 heteroatoms. The van der Waals surface area contributed by atoms with Crippen LogP contribution in [0.3, 0.4) is 0 Å². The molecule has 0 saturated heterocycles. The van der Waals surface area contributed by atoms with Gasteiger partial charge in [-0.2, -0.15) is 0 Å². The number of hydrogen-bond donors (Lipinski definition) is 1. The molecule has 0 saturated carbocycles. The van der Waals surface area contributed by atoms with Crippen LogP contribution in [0.1, 0.15) is 51.5 Å². The Morgan fingerprint density at radius 1 is 1.35 bits per heavy atom. The lowest BCUT2D eigenvalue weighted by Crippen LogP contribution is -2.14. The van der Waals surface area contributed by atoms with Gasteiger partial charge >= 0.3 is 0 Å². The average molecular weight is 236 g/mol. The Morgan fingerprint density at radius 3 is 2.82 bits per heavy atom. The minimum Gasteiger partial charge on any atom is -0.473 e. The van der Waals surface area contributed by atoms with Crippen molar-refractivity contribution in [2.75, 3.05) is 5.73 Å². The molecule has 0 aromatic carbocycles. The zero-order chi connectivity index (χ0) is 12.7. The first-order chi connectivity index (χ1) is 8.15. The van der Waals surface area contributed by atoms with E-state index in [2.05, 4.69) is 18.8 Å². The van der Waals surface area contributed by atoms with Crippen LogP contribution < -0.4 is 10.5 Å². The van der Waals surface area contributed by atoms with Gasteiger partial charge in [0.1, 0.15) is 0 Å². The molecule has 0 aliphatic heterocycles. The second-order valence-corrected chi connectivity index (χ2v) is 4.62. The van der Waals surface area contributed by atoms with Crippen LogP contribution in [0.15, 0.2) is 12.3 Å². The predicted molar refractivity (Wildman–Crippen MR) is 72.2 cm³/mol. The highest BCUT2D eigenvalue weighted by molar-refractivity contribution is 5.53. The number of aromatic nitrogens is 1. The number of pyridine rings is 1. The summed E-state index contributed by atoms with van der Waals surface area (Å²) in [5, 5.41) is 0. The van der Waals surface area contributed by atoms with Crippen LogP contribution in [0.2, 0.25) is 0 Å². The van der Waals surface area contributed by atoms with Crippen LogP contribution >= 0.6 is 0 Å². The van der Waals surface area contributed by atoms with Crippen LogP contribution in [-0.2, 0) is 0 Å². The summed E-state index contributed by atoms with van der Waals surface area (Å²) < 4.78 is 5.77. The fraction of sp³-hybridized carbons (Fsp3) is 0.643. The van der Waals surface area contributed by atoms with Crippen molar-refractivity contribution >= 4 is 5.69 Å². The van der Waals surface area contributed by atoms with Gasteiger partial charge in [0, 0.05) is 6.20 Å². The third-order valence-corrected chi connectivity index (χ3v) is 2.95. The highest BCUT2D eigenvalue weighted by Gasteiger charge is 2.09. The molecule has 0 radical (unpaired) electrons. The molecule has 1 aromatic rings. The van der Waals surface area contributed by atoms with Crippen molar-refractivity contribution in [1.29, 1.82) is 0 Å². The molecular weight excluding hydrogens is 212 g/mol. The Balaban J connectivity index is 2.39. The fourth-order valence-corrected chi connectivity index (χ4v) is 1.75. The van der Waals surface area contributed by atoms with E-state index in [1.54, 1.807) is 6.20 Å². The third-order valence-electron chi connectivity index (χ3n) is 2.95. The van der Waals surface area contributed by atoms with E-state index in [0.717, 1.165) is 12.0 Å². The lowest BCUT2D eigenvalue weighted by Gasteiger charge is -2.15. The molecule has 1 unspecified atom stereocenters. The van der Waals surface area contributed by atoms with E-state index in [0.29, 0.717) is 11.6 Å². The summed E-state index contributed by atoms with van der Waals surface area (Å²) >= 11 is 0. The quantitative estimate of drug-likeness (QED) is 0.734. The summed E-state index contributed by atoms with van der Waals surface area (Å²) in [5.41, 5.74) is 7.60. The maximum absolute atomic E-state index is 5.92. The molecule has 0 spiro atoms. The first-order valence-corrected chi connectivity index (χ1v) is 6.53. The standard InChI is InChI=1S/C14H24N2O/c1-4-5-6-7-8-12(3)17-14-13(15)11(2)9-10-16-14/h9-10,12H,4-8,15H2,1-3H3. The Kier molecular flexibility index (Phi) is 5.81. The van der Waals surface area contributed by atoms with Gasteiger partial charge < -0.3 is 10.5 Å². The van der Waals surface area contributed by atoms with E-state index >= 15 is 0 Å². The molecule has 0 fully saturated rings. The van der Waals surface area contributed by atoms with E-state index in [1.165, 1.54) is 25.7 Å². The van der Waals surface area contributed by atoms with Crippen molar-refractivity contribution in [3.63, 3.8) is 0 Å². The van der Waals surface area contributed by atoms with Crippen LogP contribution in [0.25, 0.3) is 0 Å². The van der Waals surface area contributed by atoms with E-state index in [-0.39, 0.29) is 6.10 Å². The van der Waals surface area contributed by atoms with E-state index in [1.807, 2.05) is 13.0 Å². The zero-order valence-corrected chi connectivity index (χ0v) is 11.2. The second kappa shape index (κ2) is 7.15. The van der Waals surface area contributed by atoms with Gasteiger partial charge in [-0.1, -0.05) is 26.2 Å². The highest BCUT2D eigenvalue weighted by atomic mass is 16.5. The molecule has 0 aliphatic rings. The topological polar surface area (TPSA) is 48.1 Å². The summed E-state index contributed by atoms with van der Waals surface area (Å²) in [4.78, 5) is 4.18. The number of nitrogens with zero attached hydrogens (tertiary/aromatic N) is 1. The van der Waals surface area contributed by atoms with Gasteiger partial charge in [-0.05, 0) is 38.3 Å². The average Bonchev–Trinajstić information content (AvgIpc) is 2.31. The molecule has 3 nitrogen and oxygen atoms in total. The van der Waals surface area contributed by atoms with Gasteiger partial charge in [0.05, 0.1) is 11.8 Å². The highest BCUT2D eigenvalue weighted by Crippen LogP contribution is 2.23. The Labute approximate surface area is 104 Å². The number of anilines is 1. The summed E-state index contributed by atoms with van der Waals surface area (Å²) in [6, 6.07) is 1.90. The lowest BCUT2D eigenvalue weighted by molar-refractivity contribution is 0.199. The van der Waals surface area contributed by atoms with Gasteiger partial charge in [-0.3, -0.25) is 0 Å². The summed E-state index contributed by atoms with van der Waals surface area (Å²) in [6.07, 6.45) is 8.05. The molecule has 17 heavy (non-hydrogen) atoms. The number of ether oxygens (including phenoxy) is 1. The molecular formula is C14H24N2O. The normalized spacial score (nSPS) is 12.4. The molecule has 1 aromatic heterocycles. The van der Waals surface area contributed by atoms with Crippen molar-refractivity contribution in [3.8, 4) is 5.88 Å². The van der Waals surface area contributed by atoms with Gasteiger partial charge in [0.25, 0.3) is 0 Å². The van der Waals surface area contributed by atoms with Crippen LogP contribution in [-0.4, -0.2) is 11.1 Å². The maximum atomic E-state index is 5.92. The van der Waals surface area contributed by atoms with Gasteiger partial charge in [0.2, 0.25) is 5.88 Å². The minimum atomic E-state index is 0.184. The monoisotopic (exact) mass is 236 g/mol. The number of nitrogen functional groups attached to an aromatic ring is 1. The summed E-state index contributed by atoms with van der Waals surface area (Å²) in [6.45, 7) is 6.27. The Hall–Kier alpha value is -1.25. The van der Waals surface area contributed by atoms with E-state index in [4.69, 9.17) is 10.5 Å². The predicted octanol–water partition coefficient (Wildman–Crippen LogP) is 3.71. The zero-order valence-electron chi connectivity index (χ0n) is 11.2. The summed E-state index contributed by atoms with van der Waals surface area (Å²) in [7, 11) is 0. The molecule has 1 heterocycles. The number of aryl methyl sites for hydroxylation is 1. The van der Waals surface area contributed by atoms with Gasteiger partial charge in [-0.15, -0.1) is 0 Å². The first-order valence-electron chi connectivity index (χ1n) is 6.53. The van der Waals surface area contributed by atoms with Crippen LogP contribution in [0.5, 0.6) is 5.88 Å². The second-order valence-electron chi connectivity index (χ2n) is 4.62. The number of nitrogens with two attached hydrogens (primary N) is 1. The van der Waals surface area contributed by atoms with Gasteiger partial charge in [0.15, 0.2) is 0 Å². The van der Waals surface area contributed by atoms with E-state index < -0.39 is 0 Å². The van der Waals surface area contributed by atoms with Crippen molar-refractivity contribution in [1.82, 2.24) is 4.98 Å². The SMILES string of the molecule is CCCCCCC(C)Oc1nccc(C)c1N. The molecule has 2 N–H and O–H groups in total. The summed E-state index contributed by atoms with van der Waals surface area (Å²) in [5.74, 6) is 0.577. The third kappa shape index (κ3) is 4.63. The van der Waals surface area contributed by atoms with Crippen molar-refractivity contribution in [2.24, 2.45) is 0 Å². The molecule has 1 atom stereocenters. The minimum absolute atomic E-state index is 0.184. The number of unbranched alkanes of at least 4 members (excludes halogenated alkanes) is 3. The van der Waals surface area contributed by atoms with Crippen molar-refractivity contribution < 1.29 is 4.74 Å². The smallest absolute Gasteiger partial charge is 0.237 e. The molecule has 0 bridgehead atoms. The van der Waals surface area contributed by atoms with Crippen LogP contribution in [0.4, 0.5) is 5.69 Å². The van der Waals surface area contributed by atoms with E-state index in [9.17, 15) is 0 Å². The van der Waals surface area contributed by atoms with Gasteiger partial charge in [-0.25, -0.2) is 4.98 Å². The lowest BCUT2D eigenvalue weighted by atomic mass is 10.1. The largest absolute Gasteiger partial charge is 0.473 e. The fourth-order valence-electron chi connectivity index (χ4n) is 1.75. The number of rotatable bonds is 7. The molecule has 1 rings (SSSR count). The number of hydrogen-bond acceptors (Lipinski definition) is 3.